The van der Waals surface area contributed by atoms with Crippen LogP contribution in [0.1, 0.15) is 18.1 Å². The number of aromatic nitrogens is 1. The number of carbonyl (C=O) groups is 1. The number of aromatic amines is 1. The van der Waals surface area contributed by atoms with Crippen molar-refractivity contribution in [1.82, 2.24) is 4.98 Å². The first-order chi connectivity index (χ1) is 12.1. The zero-order chi connectivity index (χ0) is 17.8. The number of anilines is 1. The summed E-state index contributed by atoms with van der Waals surface area (Å²) in [5.41, 5.74) is 9.91. The molecule has 5 heteroatoms. The number of hydrogen-bond donors (Lipinski definition) is 3. The van der Waals surface area contributed by atoms with Gasteiger partial charge in [0.2, 0.25) is 5.91 Å². The van der Waals surface area contributed by atoms with E-state index in [0.717, 1.165) is 33.5 Å². The van der Waals surface area contributed by atoms with Gasteiger partial charge in [-0.1, -0.05) is 18.2 Å². The summed E-state index contributed by atoms with van der Waals surface area (Å²) >= 11 is 0. The summed E-state index contributed by atoms with van der Waals surface area (Å²) in [5, 5.41) is 4.01. The van der Waals surface area contributed by atoms with Crippen molar-refractivity contribution in [3.8, 4) is 5.75 Å². The third kappa shape index (κ3) is 3.83. The highest BCUT2D eigenvalue weighted by atomic mass is 16.5. The second kappa shape index (κ2) is 7.40. The van der Waals surface area contributed by atoms with Gasteiger partial charge in [0.25, 0.3) is 0 Å². The van der Waals surface area contributed by atoms with Crippen molar-refractivity contribution >= 4 is 22.5 Å². The maximum Gasteiger partial charge on any atom is 0.241 e. The molecule has 1 heterocycles. The maximum absolute atomic E-state index is 12.5. The summed E-state index contributed by atoms with van der Waals surface area (Å²) in [6.45, 7) is 4.48. The molecule has 1 atom stereocenters. The number of nitrogens with one attached hydrogen (secondary N) is 2. The molecule has 1 amide bonds. The Morgan fingerprint density at radius 1 is 1.28 bits per heavy atom. The van der Waals surface area contributed by atoms with Crippen LogP contribution in [-0.2, 0) is 11.2 Å². The first-order valence-corrected chi connectivity index (χ1v) is 8.43. The van der Waals surface area contributed by atoms with Crippen molar-refractivity contribution in [2.24, 2.45) is 5.73 Å². The molecule has 0 unspecified atom stereocenters. The molecule has 1 aromatic heterocycles. The fourth-order valence-electron chi connectivity index (χ4n) is 2.89. The van der Waals surface area contributed by atoms with Gasteiger partial charge in [-0.05, 0) is 55.7 Å². The van der Waals surface area contributed by atoms with Crippen LogP contribution < -0.4 is 15.8 Å². The molecular weight excluding hydrogens is 314 g/mol. The summed E-state index contributed by atoms with van der Waals surface area (Å²) in [4.78, 5) is 15.7. The number of H-pyrrole nitrogens is 1. The zero-order valence-electron chi connectivity index (χ0n) is 14.5. The highest BCUT2D eigenvalue weighted by molar-refractivity contribution is 5.96. The lowest BCUT2D eigenvalue weighted by Crippen LogP contribution is -2.37. The van der Waals surface area contributed by atoms with Gasteiger partial charge in [0.15, 0.2) is 0 Å². The summed E-state index contributed by atoms with van der Waals surface area (Å²) in [7, 11) is 0. The van der Waals surface area contributed by atoms with Crippen LogP contribution in [0.25, 0.3) is 10.9 Å². The van der Waals surface area contributed by atoms with Crippen LogP contribution in [0.2, 0.25) is 0 Å². The molecule has 0 spiro atoms. The van der Waals surface area contributed by atoms with E-state index in [-0.39, 0.29) is 5.91 Å². The van der Waals surface area contributed by atoms with Crippen LogP contribution in [0.5, 0.6) is 5.75 Å². The van der Waals surface area contributed by atoms with Crippen molar-refractivity contribution in [2.75, 3.05) is 11.9 Å². The van der Waals surface area contributed by atoms with E-state index in [2.05, 4.69) is 10.3 Å². The molecule has 25 heavy (non-hydrogen) atoms. The van der Waals surface area contributed by atoms with Crippen molar-refractivity contribution in [3.63, 3.8) is 0 Å². The highest BCUT2D eigenvalue weighted by Gasteiger charge is 2.17. The topological polar surface area (TPSA) is 80.1 Å². The molecule has 0 radical (unpaired) electrons. The number of ether oxygens (including phenoxy) is 1. The maximum atomic E-state index is 12.5. The molecule has 4 N–H and O–H groups in total. The highest BCUT2D eigenvalue weighted by Crippen LogP contribution is 2.22. The molecule has 0 aliphatic carbocycles. The largest absolute Gasteiger partial charge is 0.494 e. The molecule has 5 nitrogen and oxygen atoms in total. The average molecular weight is 337 g/mol. The van der Waals surface area contributed by atoms with Crippen LogP contribution in [0, 0.1) is 6.92 Å². The first kappa shape index (κ1) is 17.0. The Morgan fingerprint density at radius 2 is 2.08 bits per heavy atom. The average Bonchev–Trinajstić information content (AvgIpc) is 3.00. The van der Waals surface area contributed by atoms with Gasteiger partial charge in [-0.2, -0.15) is 0 Å². The minimum Gasteiger partial charge on any atom is -0.494 e. The quantitative estimate of drug-likeness (QED) is 0.645. The Labute approximate surface area is 147 Å². The number of amides is 1. The molecule has 130 valence electrons. The second-order valence-electron chi connectivity index (χ2n) is 6.07. The Hall–Kier alpha value is -2.79. The lowest BCUT2D eigenvalue weighted by Gasteiger charge is -2.14. The van der Waals surface area contributed by atoms with Crippen molar-refractivity contribution < 1.29 is 9.53 Å². The number of benzene rings is 2. The van der Waals surface area contributed by atoms with E-state index in [4.69, 9.17) is 10.5 Å². The van der Waals surface area contributed by atoms with Crippen LogP contribution >= 0.6 is 0 Å². The van der Waals surface area contributed by atoms with Crippen molar-refractivity contribution in [1.29, 1.82) is 0 Å². The normalized spacial score (nSPS) is 12.1. The molecule has 0 aliphatic rings. The predicted molar refractivity (Wildman–Crippen MR) is 101 cm³/mol. The Bertz CT molecular complexity index is 886. The molecule has 0 aliphatic heterocycles. The fourth-order valence-corrected chi connectivity index (χ4v) is 2.89. The van der Waals surface area contributed by atoms with E-state index in [1.807, 2.05) is 62.5 Å². The summed E-state index contributed by atoms with van der Waals surface area (Å²) in [5.74, 6) is 0.596. The van der Waals surface area contributed by atoms with Gasteiger partial charge in [0.1, 0.15) is 5.75 Å². The molecule has 0 saturated heterocycles. The Balaban J connectivity index is 1.68. The molecule has 3 rings (SSSR count). The van der Waals surface area contributed by atoms with E-state index < -0.39 is 6.04 Å². The minimum absolute atomic E-state index is 0.197. The van der Waals surface area contributed by atoms with Gasteiger partial charge in [-0.3, -0.25) is 4.79 Å². The number of hydrogen-bond acceptors (Lipinski definition) is 3. The predicted octanol–water partition coefficient (Wildman–Crippen LogP) is 3.38. The second-order valence-corrected chi connectivity index (χ2v) is 6.07. The van der Waals surface area contributed by atoms with E-state index in [0.29, 0.717) is 13.0 Å². The van der Waals surface area contributed by atoms with Gasteiger partial charge in [0.05, 0.1) is 12.6 Å². The van der Waals surface area contributed by atoms with E-state index in [9.17, 15) is 4.79 Å². The lowest BCUT2D eigenvalue weighted by atomic mass is 10.0. The molecule has 0 bridgehead atoms. The third-order valence-corrected chi connectivity index (χ3v) is 4.22. The molecule has 0 fully saturated rings. The van der Waals surface area contributed by atoms with E-state index in [1.165, 1.54) is 0 Å². The fraction of sp³-hybridized carbons (Fsp3) is 0.250. The van der Waals surface area contributed by atoms with E-state index >= 15 is 0 Å². The molecular formula is C20H23N3O2. The lowest BCUT2D eigenvalue weighted by molar-refractivity contribution is -0.117. The third-order valence-electron chi connectivity index (χ3n) is 4.22. The zero-order valence-corrected chi connectivity index (χ0v) is 14.5. The van der Waals surface area contributed by atoms with Crippen LogP contribution in [0.15, 0.2) is 48.7 Å². The molecule has 3 aromatic rings. The van der Waals surface area contributed by atoms with Crippen LogP contribution in [0.3, 0.4) is 0 Å². The van der Waals surface area contributed by atoms with Gasteiger partial charge < -0.3 is 20.8 Å². The number of para-hydroxylation sites is 1. The number of carbonyl (C=O) groups excluding carboxylic acids is 1. The summed E-state index contributed by atoms with van der Waals surface area (Å²) in [6.07, 6.45) is 2.39. The smallest absolute Gasteiger partial charge is 0.241 e. The first-order valence-electron chi connectivity index (χ1n) is 8.43. The van der Waals surface area contributed by atoms with Gasteiger partial charge >= 0.3 is 0 Å². The van der Waals surface area contributed by atoms with Gasteiger partial charge in [0, 0.05) is 22.8 Å². The molecule has 2 aromatic carbocycles. The summed E-state index contributed by atoms with van der Waals surface area (Å²) < 4.78 is 5.46. The summed E-state index contributed by atoms with van der Waals surface area (Å²) in [6, 6.07) is 13.0. The number of fused-ring (bicyclic) bond motifs is 1. The van der Waals surface area contributed by atoms with Crippen molar-refractivity contribution in [3.05, 3.63) is 59.8 Å². The van der Waals surface area contributed by atoms with Crippen molar-refractivity contribution in [2.45, 2.75) is 26.3 Å². The Kier molecular flexibility index (Phi) is 5.05. The monoisotopic (exact) mass is 337 g/mol. The minimum atomic E-state index is -0.620. The molecule has 0 saturated carbocycles. The Morgan fingerprint density at radius 3 is 2.84 bits per heavy atom. The number of nitrogens with two attached hydrogens (primary N) is 1. The standard InChI is InChI=1S/C20H23N3O2/c1-3-25-15-8-9-18(13(2)10-15)23-20(24)17(21)11-14-12-22-19-7-5-4-6-16(14)19/h4-10,12,17,22H,3,11,21H2,1-2H3,(H,23,24)/t17-/m0/s1. The number of aryl methyl sites for hydroxylation is 1. The number of rotatable bonds is 6. The van der Waals surface area contributed by atoms with Crippen LogP contribution in [0.4, 0.5) is 5.69 Å². The van der Waals surface area contributed by atoms with Crippen LogP contribution in [-0.4, -0.2) is 23.5 Å². The van der Waals surface area contributed by atoms with Gasteiger partial charge in [-0.25, -0.2) is 0 Å². The van der Waals surface area contributed by atoms with Gasteiger partial charge in [-0.15, -0.1) is 0 Å². The SMILES string of the molecule is CCOc1ccc(NC(=O)[C@@H](N)Cc2c[nH]c3ccccc23)c(C)c1. The van der Waals surface area contributed by atoms with E-state index in [1.54, 1.807) is 0 Å².